The van der Waals surface area contributed by atoms with E-state index in [1.54, 1.807) is 18.2 Å². The first-order chi connectivity index (χ1) is 8.87. The van der Waals surface area contributed by atoms with Crippen LogP contribution >= 0.6 is 0 Å². The molecule has 1 aliphatic heterocycles. The van der Waals surface area contributed by atoms with Gasteiger partial charge in [-0.3, -0.25) is 13.4 Å². The Kier molecular flexibility index (Phi) is 3.38. The molecule has 0 bridgehead atoms. The Balaban J connectivity index is 2.32. The van der Waals surface area contributed by atoms with Crippen LogP contribution in [0.1, 0.15) is 0 Å². The van der Waals surface area contributed by atoms with Crippen molar-refractivity contribution >= 4 is 33.2 Å². The number of hydrogen-bond donors (Lipinski definition) is 1. The molecule has 1 aromatic rings. The van der Waals surface area contributed by atoms with Gasteiger partial charge in [-0.05, 0) is 18.2 Å². The van der Waals surface area contributed by atoms with Gasteiger partial charge in [-0.1, -0.05) is 0 Å². The Morgan fingerprint density at radius 1 is 1.26 bits per heavy atom. The summed E-state index contributed by atoms with van der Waals surface area (Å²) in [6, 6.07) is 4.92. The van der Waals surface area contributed by atoms with Crippen LogP contribution in [0.25, 0.3) is 0 Å². The van der Waals surface area contributed by atoms with E-state index in [1.807, 2.05) is 0 Å². The van der Waals surface area contributed by atoms with E-state index < -0.39 is 10.2 Å². The van der Waals surface area contributed by atoms with Gasteiger partial charge in [0.15, 0.2) is 0 Å². The third-order valence-electron chi connectivity index (χ3n) is 2.91. The standard InChI is InChI=1S/C11H15N3O4S/c1-13-9-5-4-8(12-11(15)7-18-3)6-10(9)14(2)19(13,16)17/h4-6H,7H2,1-3H3,(H,12,15). The summed E-state index contributed by atoms with van der Waals surface area (Å²) in [7, 11) is 0.897. The number of carbonyl (C=O) groups excluding carboxylic acids is 1. The molecule has 0 radical (unpaired) electrons. The number of benzene rings is 1. The highest BCUT2D eigenvalue weighted by Gasteiger charge is 2.35. The second kappa shape index (κ2) is 4.71. The summed E-state index contributed by atoms with van der Waals surface area (Å²) in [4.78, 5) is 11.4. The van der Waals surface area contributed by atoms with Crippen LogP contribution < -0.4 is 13.9 Å². The van der Waals surface area contributed by atoms with Crippen LogP contribution in [-0.2, 0) is 19.7 Å². The van der Waals surface area contributed by atoms with Gasteiger partial charge in [0.25, 0.3) is 0 Å². The van der Waals surface area contributed by atoms with Crippen LogP contribution in [0.2, 0.25) is 0 Å². The average Bonchev–Trinajstić information content (AvgIpc) is 2.52. The summed E-state index contributed by atoms with van der Waals surface area (Å²) in [6.07, 6.45) is 0. The Labute approximate surface area is 111 Å². The summed E-state index contributed by atoms with van der Waals surface area (Å²) in [5.41, 5.74) is 1.63. The molecule has 7 nitrogen and oxygen atoms in total. The maximum absolute atomic E-state index is 11.9. The van der Waals surface area contributed by atoms with E-state index in [0.29, 0.717) is 17.1 Å². The van der Waals surface area contributed by atoms with Gasteiger partial charge in [-0.2, -0.15) is 8.42 Å². The highest BCUT2D eigenvalue weighted by molar-refractivity contribution is 7.94. The van der Waals surface area contributed by atoms with E-state index >= 15 is 0 Å². The molecule has 0 unspecified atom stereocenters. The summed E-state index contributed by atoms with van der Waals surface area (Å²) < 4.78 is 30.9. The maximum atomic E-state index is 11.9. The molecule has 1 N–H and O–H groups in total. The molecule has 0 aliphatic carbocycles. The largest absolute Gasteiger partial charge is 0.375 e. The number of carbonyl (C=O) groups is 1. The number of fused-ring (bicyclic) bond motifs is 1. The Hall–Kier alpha value is -1.80. The first-order valence-corrected chi connectivity index (χ1v) is 6.93. The van der Waals surface area contributed by atoms with Gasteiger partial charge in [-0.25, -0.2) is 0 Å². The average molecular weight is 285 g/mol. The number of amides is 1. The number of anilines is 3. The molecule has 1 amide bonds. The summed E-state index contributed by atoms with van der Waals surface area (Å²) in [6.45, 7) is -0.0505. The number of hydrogen-bond acceptors (Lipinski definition) is 4. The Bertz CT molecular complexity index is 614. The van der Waals surface area contributed by atoms with Gasteiger partial charge in [0, 0.05) is 26.9 Å². The van der Waals surface area contributed by atoms with Crippen molar-refractivity contribution in [2.75, 3.05) is 41.7 Å². The zero-order valence-corrected chi connectivity index (χ0v) is 11.7. The van der Waals surface area contributed by atoms with Crippen molar-refractivity contribution in [3.8, 4) is 0 Å². The van der Waals surface area contributed by atoms with Crippen LogP contribution in [0.3, 0.4) is 0 Å². The van der Waals surface area contributed by atoms with Gasteiger partial charge < -0.3 is 10.1 Å². The molecule has 0 aromatic heterocycles. The van der Waals surface area contributed by atoms with E-state index in [4.69, 9.17) is 4.74 Å². The molecule has 0 saturated carbocycles. The minimum atomic E-state index is -3.49. The van der Waals surface area contributed by atoms with Crippen molar-refractivity contribution in [3.63, 3.8) is 0 Å². The monoisotopic (exact) mass is 285 g/mol. The molecule has 0 spiro atoms. The molecule has 19 heavy (non-hydrogen) atoms. The highest BCUT2D eigenvalue weighted by Crippen LogP contribution is 2.40. The molecule has 0 atom stereocenters. The van der Waals surface area contributed by atoms with E-state index in [9.17, 15) is 13.2 Å². The number of ether oxygens (including phenoxy) is 1. The number of methoxy groups -OCH3 is 1. The van der Waals surface area contributed by atoms with E-state index in [2.05, 4.69) is 5.32 Å². The quantitative estimate of drug-likeness (QED) is 0.872. The van der Waals surface area contributed by atoms with Crippen molar-refractivity contribution < 1.29 is 17.9 Å². The molecule has 1 aromatic carbocycles. The lowest BCUT2D eigenvalue weighted by molar-refractivity contribution is -0.119. The van der Waals surface area contributed by atoms with Gasteiger partial charge in [0.2, 0.25) is 5.91 Å². The molecular formula is C11H15N3O4S. The fraction of sp³-hybridized carbons (Fsp3) is 0.364. The lowest BCUT2D eigenvalue weighted by Gasteiger charge is -2.13. The Morgan fingerprint density at radius 3 is 2.53 bits per heavy atom. The molecule has 2 rings (SSSR count). The van der Waals surface area contributed by atoms with Crippen LogP contribution in [0.4, 0.5) is 17.1 Å². The van der Waals surface area contributed by atoms with Crippen molar-refractivity contribution in [2.24, 2.45) is 0 Å². The lowest BCUT2D eigenvalue weighted by Crippen LogP contribution is -2.32. The van der Waals surface area contributed by atoms with Gasteiger partial charge in [0.1, 0.15) is 6.61 Å². The second-order valence-corrected chi connectivity index (χ2v) is 6.12. The van der Waals surface area contributed by atoms with Crippen LogP contribution in [0.5, 0.6) is 0 Å². The van der Waals surface area contributed by atoms with Crippen molar-refractivity contribution in [1.82, 2.24) is 0 Å². The minimum absolute atomic E-state index is 0.0505. The predicted octanol–water partition coefficient (Wildman–Crippen LogP) is 0.402. The highest BCUT2D eigenvalue weighted by atomic mass is 32.2. The Morgan fingerprint density at radius 2 is 1.89 bits per heavy atom. The molecule has 0 fully saturated rings. The number of rotatable bonds is 3. The van der Waals surface area contributed by atoms with Gasteiger partial charge >= 0.3 is 10.2 Å². The van der Waals surface area contributed by atoms with Crippen LogP contribution in [-0.4, -0.2) is 42.1 Å². The summed E-state index contributed by atoms with van der Waals surface area (Å²) in [5, 5.41) is 2.63. The molecule has 1 aliphatic rings. The summed E-state index contributed by atoms with van der Waals surface area (Å²) in [5.74, 6) is -0.292. The van der Waals surface area contributed by atoms with E-state index in [-0.39, 0.29) is 12.5 Å². The fourth-order valence-electron chi connectivity index (χ4n) is 1.88. The normalized spacial score (nSPS) is 16.4. The molecule has 8 heteroatoms. The van der Waals surface area contributed by atoms with Gasteiger partial charge in [0.05, 0.1) is 11.4 Å². The van der Waals surface area contributed by atoms with Crippen LogP contribution in [0, 0.1) is 0 Å². The number of nitrogens with zero attached hydrogens (tertiary/aromatic N) is 2. The lowest BCUT2D eigenvalue weighted by atomic mass is 10.2. The second-order valence-electron chi connectivity index (χ2n) is 4.13. The van der Waals surface area contributed by atoms with Crippen molar-refractivity contribution in [1.29, 1.82) is 0 Å². The smallest absolute Gasteiger partial charge is 0.326 e. The molecule has 0 saturated heterocycles. The van der Waals surface area contributed by atoms with Gasteiger partial charge in [-0.15, -0.1) is 0 Å². The first-order valence-electron chi connectivity index (χ1n) is 5.53. The predicted molar refractivity (Wildman–Crippen MR) is 72.7 cm³/mol. The maximum Gasteiger partial charge on any atom is 0.326 e. The van der Waals surface area contributed by atoms with Crippen molar-refractivity contribution in [2.45, 2.75) is 0 Å². The fourth-order valence-corrected chi connectivity index (χ4v) is 3.05. The zero-order chi connectivity index (χ0) is 14.2. The van der Waals surface area contributed by atoms with Crippen LogP contribution in [0.15, 0.2) is 18.2 Å². The minimum Gasteiger partial charge on any atom is -0.375 e. The SMILES string of the molecule is COCC(=O)Nc1ccc2c(c1)N(C)S(=O)(=O)N2C. The number of nitrogens with one attached hydrogen (secondary N) is 1. The van der Waals surface area contributed by atoms with E-state index in [0.717, 1.165) is 0 Å². The topological polar surface area (TPSA) is 79.0 Å². The molecule has 104 valence electrons. The third-order valence-corrected chi connectivity index (χ3v) is 4.68. The first kappa shape index (κ1) is 13.6. The third kappa shape index (κ3) is 2.24. The van der Waals surface area contributed by atoms with E-state index in [1.165, 1.54) is 29.8 Å². The summed E-state index contributed by atoms with van der Waals surface area (Å²) >= 11 is 0. The van der Waals surface area contributed by atoms with Crippen molar-refractivity contribution in [3.05, 3.63) is 18.2 Å². The zero-order valence-electron chi connectivity index (χ0n) is 10.9. The molecular weight excluding hydrogens is 270 g/mol. The molecule has 1 heterocycles.